The van der Waals surface area contributed by atoms with Gasteiger partial charge in [-0.2, -0.15) is 0 Å². The molecule has 0 saturated carbocycles. The minimum absolute atomic E-state index is 0.0972. The van der Waals surface area contributed by atoms with Gasteiger partial charge in [-0.15, -0.1) is 0 Å². The molecule has 1 N–H and O–H groups in total. The van der Waals surface area contributed by atoms with Crippen molar-refractivity contribution in [2.45, 2.75) is 149 Å². The third kappa shape index (κ3) is 8.58. The minimum Gasteiger partial charge on any atom is -0.550 e. The molecule has 0 bridgehead atoms. The average Bonchev–Trinajstić information content (AvgIpc) is 2.80. The van der Waals surface area contributed by atoms with Crippen LogP contribution in [-0.2, 0) is 9.53 Å². The molecule has 4 nitrogen and oxygen atoms in total. The molecule has 1 heterocycles. The van der Waals surface area contributed by atoms with Gasteiger partial charge in [0.2, 0.25) is 0 Å². The van der Waals surface area contributed by atoms with E-state index in [4.69, 9.17) is 4.74 Å². The van der Waals surface area contributed by atoms with Crippen LogP contribution in [0.15, 0.2) is 34.9 Å². The number of fused-ring (bicyclic) bond motifs is 1. The van der Waals surface area contributed by atoms with Crippen LogP contribution in [0, 0.1) is 11.8 Å². The fourth-order valence-corrected chi connectivity index (χ4v) is 6.05. The maximum atomic E-state index is 10.9. The Kier molecular flexibility index (Phi) is 11.5. The van der Waals surface area contributed by atoms with Crippen LogP contribution in [0.1, 0.15) is 132 Å². The van der Waals surface area contributed by atoms with Crippen LogP contribution in [0.2, 0.25) is 0 Å². The maximum absolute atomic E-state index is 10.9. The smallest absolute Gasteiger partial charge is 0.0964 e. The van der Waals surface area contributed by atoms with Crippen molar-refractivity contribution in [1.29, 1.82) is 0 Å². The summed E-state index contributed by atoms with van der Waals surface area (Å²) in [5.41, 5.74) is 3.34. The highest BCUT2D eigenvalue weighted by Crippen LogP contribution is 2.51. The third-order valence-corrected chi connectivity index (χ3v) is 8.93. The summed E-state index contributed by atoms with van der Waals surface area (Å²) in [5, 5.41) is 21.5. The van der Waals surface area contributed by atoms with Crippen LogP contribution >= 0.6 is 0 Å². The highest BCUT2D eigenvalue weighted by Gasteiger charge is 2.49. The van der Waals surface area contributed by atoms with E-state index in [1.54, 1.807) is 6.92 Å². The first kappa shape index (κ1) is 30.8. The van der Waals surface area contributed by atoms with E-state index in [1.165, 1.54) is 29.6 Å². The summed E-state index contributed by atoms with van der Waals surface area (Å²) >= 11 is 0. The van der Waals surface area contributed by atoms with E-state index >= 15 is 0 Å². The van der Waals surface area contributed by atoms with Gasteiger partial charge in [0.05, 0.1) is 16.8 Å². The van der Waals surface area contributed by atoms with E-state index in [9.17, 15) is 15.0 Å². The number of carboxylic acid groups (broad SMARTS) is 1. The molecule has 5 unspecified atom stereocenters. The van der Waals surface area contributed by atoms with E-state index in [1.807, 2.05) is 6.92 Å². The molecule has 0 aromatic carbocycles. The topological polar surface area (TPSA) is 69.6 Å². The molecule has 206 valence electrons. The predicted octanol–water partition coefficient (Wildman–Crippen LogP) is 7.21. The molecular weight excluding hydrogens is 448 g/mol. The lowest BCUT2D eigenvalue weighted by Crippen LogP contribution is -2.53. The quantitative estimate of drug-likeness (QED) is 0.241. The van der Waals surface area contributed by atoms with E-state index in [2.05, 4.69) is 52.8 Å². The van der Waals surface area contributed by atoms with Crippen molar-refractivity contribution < 1.29 is 19.7 Å². The summed E-state index contributed by atoms with van der Waals surface area (Å²) in [5.74, 6) is -1.03. The second-order valence-corrected chi connectivity index (χ2v) is 12.4. The number of rotatable bonds is 15. The van der Waals surface area contributed by atoms with Gasteiger partial charge in [0, 0.05) is 11.9 Å². The standard InChI is InChI=1S/C32H54O4/c1-8-9-22-32-27(5)25(3)16-17-28(32)18-23-31(7,36-32)21-11-14-24(2)13-10-19-30(6,35)20-12-15-26(4)29(33)34/h14,16-17,26-27,35H,8-13,15,18-23H2,1-7H3,(H,33,34)/p-1/b24-14+. The maximum Gasteiger partial charge on any atom is 0.0964 e. The summed E-state index contributed by atoms with van der Waals surface area (Å²) in [7, 11) is 0. The van der Waals surface area contributed by atoms with Gasteiger partial charge in [-0.1, -0.05) is 63.0 Å². The number of hydrogen-bond donors (Lipinski definition) is 1. The molecule has 0 aromatic heterocycles. The number of carbonyl (C=O) groups excluding carboxylic acids is 1. The van der Waals surface area contributed by atoms with Crippen molar-refractivity contribution in [3.63, 3.8) is 0 Å². The Morgan fingerprint density at radius 3 is 2.64 bits per heavy atom. The predicted molar refractivity (Wildman–Crippen MR) is 147 cm³/mol. The zero-order chi connectivity index (χ0) is 27.0. The summed E-state index contributed by atoms with van der Waals surface area (Å²) in [6.45, 7) is 14.9. The Labute approximate surface area is 221 Å². The van der Waals surface area contributed by atoms with Crippen molar-refractivity contribution in [3.05, 3.63) is 34.9 Å². The first-order chi connectivity index (χ1) is 16.8. The molecule has 5 atom stereocenters. The number of carboxylic acids is 1. The summed E-state index contributed by atoms with van der Waals surface area (Å²) in [4.78, 5) is 10.9. The molecule has 0 radical (unpaired) electrons. The highest BCUT2D eigenvalue weighted by molar-refractivity contribution is 5.66. The molecule has 1 fully saturated rings. The summed E-state index contributed by atoms with van der Waals surface area (Å²) < 4.78 is 7.11. The number of unbranched alkanes of at least 4 members (excludes halogenated alkanes) is 1. The first-order valence-corrected chi connectivity index (χ1v) is 14.5. The Hall–Kier alpha value is -1.39. The van der Waals surface area contributed by atoms with Crippen molar-refractivity contribution in [1.82, 2.24) is 0 Å². The molecule has 0 amide bonds. The van der Waals surface area contributed by atoms with Crippen molar-refractivity contribution in [2.75, 3.05) is 0 Å². The monoisotopic (exact) mass is 501 g/mol. The molecule has 2 aliphatic rings. The van der Waals surface area contributed by atoms with Crippen LogP contribution in [0.3, 0.4) is 0 Å². The van der Waals surface area contributed by atoms with Gasteiger partial charge >= 0.3 is 0 Å². The van der Waals surface area contributed by atoms with E-state index in [-0.39, 0.29) is 11.2 Å². The van der Waals surface area contributed by atoms with Crippen LogP contribution in [0.5, 0.6) is 0 Å². The first-order valence-electron chi connectivity index (χ1n) is 14.5. The summed E-state index contributed by atoms with van der Waals surface area (Å²) in [6.07, 6.45) is 19.3. The third-order valence-electron chi connectivity index (χ3n) is 8.93. The van der Waals surface area contributed by atoms with Crippen molar-refractivity contribution >= 4 is 5.97 Å². The van der Waals surface area contributed by atoms with Gasteiger partial charge in [-0.25, -0.2) is 0 Å². The lowest BCUT2D eigenvalue weighted by Gasteiger charge is -2.53. The van der Waals surface area contributed by atoms with Crippen LogP contribution < -0.4 is 5.11 Å². The van der Waals surface area contributed by atoms with E-state index in [0.29, 0.717) is 25.2 Å². The Morgan fingerprint density at radius 1 is 1.28 bits per heavy atom. The summed E-state index contributed by atoms with van der Waals surface area (Å²) in [6, 6.07) is 0. The number of ether oxygens (including phenoxy) is 1. The van der Waals surface area contributed by atoms with E-state index < -0.39 is 17.5 Å². The Morgan fingerprint density at radius 2 is 1.97 bits per heavy atom. The molecule has 0 aromatic rings. The largest absolute Gasteiger partial charge is 0.550 e. The number of aliphatic hydroxyl groups is 1. The molecular formula is C32H53O4-. The van der Waals surface area contributed by atoms with Gasteiger partial charge in [0.25, 0.3) is 0 Å². The molecule has 1 aliphatic carbocycles. The van der Waals surface area contributed by atoms with Crippen LogP contribution in [-0.4, -0.2) is 27.9 Å². The van der Waals surface area contributed by atoms with Gasteiger partial charge in [-0.3, -0.25) is 0 Å². The Bertz CT molecular complexity index is 820. The second kappa shape index (κ2) is 13.4. The van der Waals surface area contributed by atoms with Crippen molar-refractivity contribution in [3.8, 4) is 0 Å². The van der Waals surface area contributed by atoms with Gasteiger partial charge < -0.3 is 19.7 Å². The fourth-order valence-electron chi connectivity index (χ4n) is 6.05. The second-order valence-electron chi connectivity index (χ2n) is 12.4. The number of carbonyl (C=O) groups is 1. The van der Waals surface area contributed by atoms with Gasteiger partial charge in [0.1, 0.15) is 0 Å². The van der Waals surface area contributed by atoms with Crippen LogP contribution in [0.25, 0.3) is 0 Å². The fraction of sp³-hybridized carbons (Fsp3) is 0.781. The lowest BCUT2D eigenvalue weighted by molar-refractivity contribution is -0.311. The zero-order valence-electron chi connectivity index (χ0n) is 24.3. The lowest BCUT2D eigenvalue weighted by atomic mass is 9.67. The highest BCUT2D eigenvalue weighted by atomic mass is 16.5. The SMILES string of the molecule is CCCCC12OC(C)(CC/C=C(\C)CCCC(C)(O)CCCC(C)C(=O)[O-])CCC1=CC=C(C)C2C. The van der Waals surface area contributed by atoms with Gasteiger partial charge in [0.15, 0.2) is 0 Å². The molecule has 1 saturated heterocycles. The molecule has 2 rings (SSSR count). The van der Waals surface area contributed by atoms with Gasteiger partial charge in [-0.05, 0) is 110 Å². The number of allylic oxidation sites excluding steroid dienone is 4. The Balaban J connectivity index is 1.84. The normalized spacial score (nSPS) is 29.1. The zero-order valence-corrected chi connectivity index (χ0v) is 24.3. The molecule has 0 spiro atoms. The average molecular weight is 502 g/mol. The minimum atomic E-state index is -1.00. The van der Waals surface area contributed by atoms with Crippen LogP contribution in [0.4, 0.5) is 0 Å². The molecule has 4 heteroatoms. The van der Waals surface area contributed by atoms with E-state index in [0.717, 1.165) is 51.4 Å². The molecule has 1 aliphatic heterocycles. The molecule has 36 heavy (non-hydrogen) atoms. The van der Waals surface area contributed by atoms with Crippen molar-refractivity contribution in [2.24, 2.45) is 11.8 Å². The number of aliphatic carboxylic acids is 1. The number of hydrogen-bond acceptors (Lipinski definition) is 4.